The number of halogens is 2. The minimum atomic E-state index is -0.825. The van der Waals surface area contributed by atoms with Gasteiger partial charge in [-0.15, -0.1) is 0 Å². The molecule has 142 valence electrons. The number of benzene rings is 1. The van der Waals surface area contributed by atoms with Crippen molar-refractivity contribution in [2.75, 3.05) is 13.1 Å². The molecule has 26 heavy (non-hydrogen) atoms. The Morgan fingerprint density at radius 2 is 2.04 bits per heavy atom. The number of likely N-dealkylation sites (tertiary alicyclic amines) is 1. The SMILES string of the molecule is CCC1CCCCN1C(=O)C1(C(=O)NCCc2ccc(Cl)cc2Cl)CC1. The molecular weight excluding hydrogens is 371 g/mol. The number of hydrogen-bond donors (Lipinski definition) is 1. The van der Waals surface area contributed by atoms with Gasteiger partial charge in [0.2, 0.25) is 11.8 Å². The Bertz CT molecular complexity index is 688. The molecule has 1 aliphatic heterocycles. The lowest BCUT2D eigenvalue weighted by molar-refractivity contribution is -0.147. The Balaban J connectivity index is 1.57. The topological polar surface area (TPSA) is 49.4 Å². The third-order valence-electron chi connectivity index (χ3n) is 5.65. The molecule has 1 saturated heterocycles. The second-order valence-electron chi connectivity index (χ2n) is 7.38. The van der Waals surface area contributed by atoms with Gasteiger partial charge in [-0.05, 0) is 62.6 Å². The van der Waals surface area contributed by atoms with Crippen molar-refractivity contribution in [1.29, 1.82) is 0 Å². The van der Waals surface area contributed by atoms with Crippen LogP contribution >= 0.6 is 23.2 Å². The van der Waals surface area contributed by atoms with Crippen molar-refractivity contribution in [1.82, 2.24) is 10.2 Å². The lowest BCUT2D eigenvalue weighted by Gasteiger charge is -2.37. The van der Waals surface area contributed by atoms with Crippen molar-refractivity contribution in [2.45, 2.75) is 57.9 Å². The van der Waals surface area contributed by atoms with E-state index in [1.165, 1.54) is 6.42 Å². The third-order valence-corrected chi connectivity index (χ3v) is 6.24. The average Bonchev–Trinajstić information content (AvgIpc) is 3.44. The van der Waals surface area contributed by atoms with E-state index in [4.69, 9.17) is 23.2 Å². The van der Waals surface area contributed by atoms with Crippen molar-refractivity contribution in [3.8, 4) is 0 Å². The minimum Gasteiger partial charge on any atom is -0.355 e. The maximum atomic E-state index is 13.0. The zero-order valence-corrected chi connectivity index (χ0v) is 16.7. The zero-order chi connectivity index (χ0) is 18.7. The molecule has 2 fully saturated rings. The second kappa shape index (κ2) is 8.18. The van der Waals surface area contributed by atoms with Crippen molar-refractivity contribution in [3.05, 3.63) is 33.8 Å². The Kier molecular flexibility index (Phi) is 6.13. The van der Waals surface area contributed by atoms with Crippen LogP contribution in [-0.2, 0) is 16.0 Å². The lowest BCUT2D eigenvalue weighted by atomic mass is 9.95. The summed E-state index contributed by atoms with van der Waals surface area (Å²) in [5, 5.41) is 4.15. The van der Waals surface area contributed by atoms with E-state index >= 15 is 0 Å². The van der Waals surface area contributed by atoms with Crippen LogP contribution in [-0.4, -0.2) is 35.8 Å². The number of carbonyl (C=O) groups is 2. The second-order valence-corrected chi connectivity index (χ2v) is 8.22. The number of nitrogens with zero attached hydrogens (tertiary/aromatic N) is 1. The molecule has 1 aromatic carbocycles. The van der Waals surface area contributed by atoms with Gasteiger partial charge in [0.25, 0.3) is 0 Å². The molecule has 0 bridgehead atoms. The van der Waals surface area contributed by atoms with Crippen LogP contribution in [0.5, 0.6) is 0 Å². The van der Waals surface area contributed by atoms with Crippen molar-refractivity contribution < 1.29 is 9.59 Å². The molecule has 1 aliphatic carbocycles. The number of rotatable bonds is 6. The largest absolute Gasteiger partial charge is 0.355 e. The van der Waals surface area contributed by atoms with Gasteiger partial charge < -0.3 is 10.2 Å². The molecular formula is C20H26Cl2N2O2. The van der Waals surface area contributed by atoms with E-state index in [0.29, 0.717) is 35.9 Å². The quantitative estimate of drug-likeness (QED) is 0.731. The standard InChI is InChI=1S/C20H26Cl2N2O2/c1-2-16-5-3-4-12-24(16)19(26)20(9-10-20)18(25)23-11-8-14-6-7-15(21)13-17(14)22/h6-7,13,16H,2-5,8-12H2,1H3,(H,23,25). The first-order valence-corrected chi connectivity index (χ1v) is 10.3. The fraction of sp³-hybridized carbons (Fsp3) is 0.600. The summed E-state index contributed by atoms with van der Waals surface area (Å²) in [6, 6.07) is 5.65. The van der Waals surface area contributed by atoms with Crippen molar-refractivity contribution in [2.24, 2.45) is 5.41 Å². The van der Waals surface area contributed by atoms with Crippen LogP contribution in [0.25, 0.3) is 0 Å². The van der Waals surface area contributed by atoms with Gasteiger partial charge in [0.1, 0.15) is 5.41 Å². The van der Waals surface area contributed by atoms with Gasteiger partial charge >= 0.3 is 0 Å². The number of piperidine rings is 1. The highest BCUT2D eigenvalue weighted by Gasteiger charge is 2.58. The number of hydrogen-bond acceptors (Lipinski definition) is 2. The zero-order valence-electron chi connectivity index (χ0n) is 15.2. The van der Waals surface area contributed by atoms with E-state index in [1.54, 1.807) is 12.1 Å². The van der Waals surface area contributed by atoms with Crippen LogP contribution in [0.1, 0.15) is 51.0 Å². The van der Waals surface area contributed by atoms with Crippen LogP contribution in [0, 0.1) is 5.41 Å². The maximum Gasteiger partial charge on any atom is 0.238 e. The first-order chi connectivity index (χ1) is 12.5. The van der Waals surface area contributed by atoms with Crippen LogP contribution in [0.4, 0.5) is 0 Å². The highest BCUT2D eigenvalue weighted by Crippen LogP contribution is 2.48. The molecule has 0 radical (unpaired) electrons. The smallest absolute Gasteiger partial charge is 0.238 e. The Hall–Kier alpha value is -1.26. The first-order valence-electron chi connectivity index (χ1n) is 9.51. The van der Waals surface area contributed by atoms with Gasteiger partial charge in [-0.2, -0.15) is 0 Å². The molecule has 1 atom stereocenters. The molecule has 0 spiro atoms. The summed E-state index contributed by atoms with van der Waals surface area (Å²) < 4.78 is 0. The fourth-order valence-corrected chi connectivity index (χ4v) is 4.34. The molecule has 6 heteroatoms. The van der Waals surface area contributed by atoms with Gasteiger partial charge in [0, 0.05) is 29.2 Å². The summed E-state index contributed by atoms with van der Waals surface area (Å²) in [5.41, 5.74) is 0.115. The van der Waals surface area contributed by atoms with E-state index in [-0.39, 0.29) is 17.9 Å². The number of nitrogens with one attached hydrogen (secondary N) is 1. The van der Waals surface area contributed by atoms with Gasteiger partial charge in [0.05, 0.1) is 0 Å². The van der Waals surface area contributed by atoms with E-state index < -0.39 is 5.41 Å². The highest BCUT2D eigenvalue weighted by atomic mass is 35.5. The summed E-state index contributed by atoms with van der Waals surface area (Å²) in [6.45, 7) is 3.37. The molecule has 1 N–H and O–H groups in total. The molecule has 1 heterocycles. The Morgan fingerprint density at radius 3 is 2.69 bits per heavy atom. The van der Waals surface area contributed by atoms with E-state index in [9.17, 15) is 9.59 Å². The molecule has 1 saturated carbocycles. The van der Waals surface area contributed by atoms with Crippen molar-refractivity contribution >= 4 is 35.0 Å². The van der Waals surface area contributed by atoms with Crippen LogP contribution in [0.3, 0.4) is 0 Å². The molecule has 1 aromatic rings. The van der Waals surface area contributed by atoms with Crippen LogP contribution in [0.15, 0.2) is 18.2 Å². The van der Waals surface area contributed by atoms with E-state index in [0.717, 1.165) is 31.4 Å². The molecule has 1 unspecified atom stereocenters. The maximum absolute atomic E-state index is 13.0. The normalized spacial score (nSPS) is 21.3. The summed E-state index contributed by atoms with van der Waals surface area (Å²) in [7, 11) is 0. The third kappa shape index (κ3) is 4.01. The Morgan fingerprint density at radius 1 is 1.27 bits per heavy atom. The van der Waals surface area contributed by atoms with E-state index in [2.05, 4.69) is 12.2 Å². The molecule has 0 aromatic heterocycles. The van der Waals surface area contributed by atoms with Gasteiger partial charge in [-0.25, -0.2) is 0 Å². The summed E-state index contributed by atoms with van der Waals surface area (Å²) in [6.07, 6.45) is 6.15. The molecule has 3 rings (SSSR count). The molecule has 4 nitrogen and oxygen atoms in total. The summed E-state index contributed by atoms with van der Waals surface area (Å²) in [5.74, 6) is -0.0981. The summed E-state index contributed by atoms with van der Waals surface area (Å²) in [4.78, 5) is 27.7. The predicted octanol–water partition coefficient (Wildman–Crippen LogP) is 4.22. The average molecular weight is 397 g/mol. The van der Waals surface area contributed by atoms with Crippen LogP contribution < -0.4 is 5.32 Å². The lowest BCUT2D eigenvalue weighted by Crippen LogP contribution is -2.51. The number of carbonyl (C=O) groups excluding carboxylic acids is 2. The number of amides is 2. The van der Waals surface area contributed by atoms with Gasteiger partial charge in [-0.1, -0.05) is 36.2 Å². The minimum absolute atomic E-state index is 0.0334. The van der Waals surface area contributed by atoms with Crippen molar-refractivity contribution in [3.63, 3.8) is 0 Å². The van der Waals surface area contributed by atoms with Gasteiger partial charge in [0.15, 0.2) is 0 Å². The monoisotopic (exact) mass is 396 g/mol. The van der Waals surface area contributed by atoms with E-state index in [1.807, 2.05) is 11.0 Å². The molecule has 2 amide bonds. The first kappa shape index (κ1) is 19.5. The Labute approximate surface area is 165 Å². The highest BCUT2D eigenvalue weighted by molar-refractivity contribution is 6.35. The van der Waals surface area contributed by atoms with Gasteiger partial charge in [-0.3, -0.25) is 9.59 Å². The predicted molar refractivity (Wildman–Crippen MR) is 104 cm³/mol. The summed E-state index contributed by atoms with van der Waals surface area (Å²) >= 11 is 12.1. The molecule has 2 aliphatic rings. The van der Waals surface area contributed by atoms with Crippen LogP contribution in [0.2, 0.25) is 10.0 Å². The fourth-order valence-electron chi connectivity index (χ4n) is 3.83.